The number of carboxylic acid groups (broad SMARTS) is 1. The van der Waals surface area contributed by atoms with Crippen molar-refractivity contribution in [2.45, 2.75) is 31.8 Å². The number of nitrogens with one attached hydrogen (secondary N) is 1. The number of hydrogen-bond donors (Lipinski definition) is 3. The monoisotopic (exact) mass is 293 g/mol. The summed E-state index contributed by atoms with van der Waals surface area (Å²) in [4.78, 5) is 11.7. The predicted molar refractivity (Wildman–Crippen MR) is 79.0 cm³/mol. The molecule has 1 aliphatic rings. The molecule has 116 valence electrons. The molecule has 1 aromatic rings. The van der Waals surface area contributed by atoms with Gasteiger partial charge in [0.1, 0.15) is 6.04 Å². The lowest BCUT2D eigenvalue weighted by atomic mass is 9.75. The van der Waals surface area contributed by atoms with Gasteiger partial charge in [0.25, 0.3) is 0 Å². The van der Waals surface area contributed by atoms with Crippen molar-refractivity contribution in [3.8, 4) is 0 Å². The Morgan fingerprint density at radius 1 is 1.33 bits per heavy atom. The van der Waals surface area contributed by atoms with Crippen LogP contribution in [0.2, 0.25) is 0 Å². The molecule has 1 aromatic carbocycles. The van der Waals surface area contributed by atoms with E-state index in [1.807, 2.05) is 37.3 Å². The minimum absolute atomic E-state index is 0.139. The maximum Gasteiger partial charge on any atom is 0.321 e. The Labute approximate surface area is 124 Å². The average molecular weight is 293 g/mol. The maximum atomic E-state index is 11.7. The lowest BCUT2D eigenvalue weighted by Gasteiger charge is -2.40. The Balaban J connectivity index is 2.17. The molecule has 2 rings (SSSR count). The van der Waals surface area contributed by atoms with E-state index < -0.39 is 12.0 Å². The molecule has 0 aromatic heterocycles. The molecule has 3 N–H and O–H groups in total. The van der Waals surface area contributed by atoms with Crippen LogP contribution in [0.3, 0.4) is 0 Å². The third-order valence-corrected chi connectivity index (χ3v) is 4.33. The van der Waals surface area contributed by atoms with Crippen LogP contribution < -0.4 is 5.32 Å². The minimum atomic E-state index is -0.881. The Morgan fingerprint density at radius 3 is 2.48 bits per heavy atom. The number of ether oxygens (including phenoxy) is 1. The highest BCUT2D eigenvalue weighted by molar-refractivity contribution is 5.74. The first-order chi connectivity index (χ1) is 10.1. The first-order valence-corrected chi connectivity index (χ1v) is 7.29. The summed E-state index contributed by atoms with van der Waals surface area (Å²) < 4.78 is 5.34. The Kier molecular flexibility index (Phi) is 5.33. The van der Waals surface area contributed by atoms with Gasteiger partial charge in [-0.1, -0.05) is 37.3 Å². The summed E-state index contributed by atoms with van der Waals surface area (Å²) in [6.45, 7) is 3.00. The fourth-order valence-corrected chi connectivity index (χ4v) is 2.84. The van der Waals surface area contributed by atoms with Crippen molar-refractivity contribution in [1.29, 1.82) is 0 Å². The summed E-state index contributed by atoms with van der Waals surface area (Å²) in [7, 11) is 0. The summed E-state index contributed by atoms with van der Waals surface area (Å²) in [5.74, 6) is -0.881. The van der Waals surface area contributed by atoms with Gasteiger partial charge in [0.05, 0.1) is 12.6 Å². The number of rotatable bonds is 6. The van der Waals surface area contributed by atoms with Gasteiger partial charge in [-0.15, -0.1) is 0 Å². The zero-order valence-corrected chi connectivity index (χ0v) is 12.3. The van der Waals surface area contributed by atoms with E-state index >= 15 is 0 Å². The van der Waals surface area contributed by atoms with Crippen LogP contribution in [0, 0.1) is 5.41 Å². The largest absolute Gasteiger partial charge is 0.480 e. The van der Waals surface area contributed by atoms with Crippen molar-refractivity contribution < 1.29 is 19.7 Å². The van der Waals surface area contributed by atoms with E-state index in [0.717, 1.165) is 5.56 Å². The van der Waals surface area contributed by atoms with Crippen LogP contribution in [0.5, 0.6) is 0 Å². The number of aliphatic hydroxyl groups excluding tert-OH is 1. The standard InChI is InChI=1S/C16H23NO4/c1-16(7-9-21-10-8-16)14(15(19)20)17-13(11-18)12-5-3-2-4-6-12/h2-6,13-14,17-18H,7-11H2,1H3,(H,19,20)/t13-,14+/m0/s1. The van der Waals surface area contributed by atoms with Crippen molar-refractivity contribution in [2.75, 3.05) is 19.8 Å². The van der Waals surface area contributed by atoms with Crippen molar-refractivity contribution in [3.63, 3.8) is 0 Å². The molecule has 0 unspecified atom stereocenters. The van der Waals surface area contributed by atoms with Gasteiger partial charge in [0.15, 0.2) is 0 Å². The highest BCUT2D eigenvalue weighted by Gasteiger charge is 2.41. The van der Waals surface area contributed by atoms with Gasteiger partial charge in [-0.3, -0.25) is 10.1 Å². The second kappa shape index (κ2) is 7.02. The van der Waals surface area contributed by atoms with Gasteiger partial charge in [-0.25, -0.2) is 0 Å². The second-order valence-electron chi connectivity index (χ2n) is 5.85. The van der Waals surface area contributed by atoms with Crippen LogP contribution in [0.1, 0.15) is 31.4 Å². The topological polar surface area (TPSA) is 78.8 Å². The Bertz CT molecular complexity index is 457. The van der Waals surface area contributed by atoms with Crippen LogP contribution in [0.15, 0.2) is 30.3 Å². The predicted octanol–water partition coefficient (Wildman–Crippen LogP) is 1.58. The highest BCUT2D eigenvalue weighted by atomic mass is 16.5. The maximum absolute atomic E-state index is 11.7. The van der Waals surface area contributed by atoms with E-state index in [1.54, 1.807) is 0 Å². The molecule has 0 aliphatic carbocycles. The number of benzene rings is 1. The molecule has 5 nitrogen and oxygen atoms in total. The molecule has 0 spiro atoms. The Morgan fingerprint density at radius 2 is 1.95 bits per heavy atom. The summed E-state index contributed by atoms with van der Waals surface area (Å²) in [6, 6.07) is 8.34. The minimum Gasteiger partial charge on any atom is -0.480 e. The van der Waals surface area contributed by atoms with Gasteiger partial charge in [-0.2, -0.15) is 0 Å². The summed E-state index contributed by atoms with van der Waals surface area (Å²) in [5.41, 5.74) is 0.522. The SMILES string of the molecule is CC1([C@H](N[C@@H](CO)c2ccccc2)C(=O)O)CCOCC1. The highest BCUT2D eigenvalue weighted by Crippen LogP contribution is 2.35. The Hall–Kier alpha value is -1.43. The molecule has 1 heterocycles. The molecule has 0 bridgehead atoms. The summed E-state index contributed by atoms with van der Waals surface area (Å²) in [6.07, 6.45) is 1.40. The number of hydrogen-bond acceptors (Lipinski definition) is 4. The number of aliphatic hydroxyl groups is 1. The molecule has 21 heavy (non-hydrogen) atoms. The van der Waals surface area contributed by atoms with E-state index in [-0.39, 0.29) is 18.1 Å². The lowest BCUT2D eigenvalue weighted by molar-refractivity contribution is -0.145. The molecule has 0 radical (unpaired) electrons. The second-order valence-corrected chi connectivity index (χ2v) is 5.85. The fourth-order valence-electron chi connectivity index (χ4n) is 2.84. The van der Waals surface area contributed by atoms with Crippen molar-refractivity contribution in [2.24, 2.45) is 5.41 Å². The van der Waals surface area contributed by atoms with E-state index in [0.29, 0.717) is 26.1 Å². The molecule has 1 saturated heterocycles. The van der Waals surface area contributed by atoms with E-state index in [1.165, 1.54) is 0 Å². The van der Waals surface area contributed by atoms with Gasteiger partial charge in [0, 0.05) is 13.2 Å². The molecule has 5 heteroatoms. The molecule has 1 aliphatic heterocycles. The molecule has 1 fully saturated rings. The van der Waals surface area contributed by atoms with Gasteiger partial charge in [0.2, 0.25) is 0 Å². The van der Waals surface area contributed by atoms with Crippen LogP contribution in [0.25, 0.3) is 0 Å². The first kappa shape index (κ1) is 15.9. The average Bonchev–Trinajstić information content (AvgIpc) is 2.49. The molecular weight excluding hydrogens is 270 g/mol. The molecular formula is C16H23NO4. The van der Waals surface area contributed by atoms with Crippen molar-refractivity contribution >= 4 is 5.97 Å². The van der Waals surface area contributed by atoms with Crippen LogP contribution in [-0.2, 0) is 9.53 Å². The fraction of sp³-hybridized carbons (Fsp3) is 0.562. The van der Waals surface area contributed by atoms with Crippen LogP contribution >= 0.6 is 0 Å². The normalized spacial score (nSPS) is 20.7. The van der Waals surface area contributed by atoms with Crippen molar-refractivity contribution in [1.82, 2.24) is 5.32 Å². The molecule has 0 saturated carbocycles. The van der Waals surface area contributed by atoms with E-state index in [9.17, 15) is 15.0 Å². The smallest absolute Gasteiger partial charge is 0.321 e. The summed E-state index contributed by atoms with van der Waals surface area (Å²) in [5, 5.41) is 22.3. The lowest BCUT2D eigenvalue weighted by Crippen LogP contribution is -2.53. The zero-order chi connectivity index (χ0) is 15.3. The zero-order valence-electron chi connectivity index (χ0n) is 12.3. The van der Waals surface area contributed by atoms with Gasteiger partial charge in [-0.05, 0) is 23.8 Å². The van der Waals surface area contributed by atoms with Gasteiger partial charge >= 0.3 is 5.97 Å². The first-order valence-electron chi connectivity index (χ1n) is 7.29. The quantitative estimate of drug-likeness (QED) is 0.742. The number of carbonyl (C=O) groups is 1. The van der Waals surface area contributed by atoms with Crippen molar-refractivity contribution in [3.05, 3.63) is 35.9 Å². The molecule has 0 amide bonds. The van der Waals surface area contributed by atoms with Crippen LogP contribution in [0.4, 0.5) is 0 Å². The van der Waals surface area contributed by atoms with Gasteiger partial charge < -0.3 is 14.9 Å². The van der Waals surface area contributed by atoms with E-state index in [4.69, 9.17) is 4.74 Å². The van der Waals surface area contributed by atoms with E-state index in [2.05, 4.69) is 5.32 Å². The number of carboxylic acids is 1. The summed E-state index contributed by atoms with van der Waals surface area (Å²) >= 11 is 0. The number of aliphatic carboxylic acids is 1. The van der Waals surface area contributed by atoms with Crippen LogP contribution in [-0.4, -0.2) is 42.0 Å². The molecule has 2 atom stereocenters. The third kappa shape index (κ3) is 3.81. The third-order valence-electron chi connectivity index (χ3n) is 4.33.